The number of hydrogen-bond acceptors (Lipinski definition) is 9. The molecule has 2 aromatic carbocycles. The number of benzene rings is 2. The lowest BCUT2D eigenvalue weighted by molar-refractivity contribution is -0.137. The number of β-amino-alcohol motifs (C(OH)–C–C–N with tert-alkyl or cyclic N) is 1. The van der Waals surface area contributed by atoms with Gasteiger partial charge in [-0.25, -0.2) is 13.2 Å². The van der Waals surface area contributed by atoms with Crippen molar-refractivity contribution >= 4 is 41.0 Å². The number of carbonyl (C=O) groups is 3. The second-order valence-electron chi connectivity index (χ2n) is 9.15. The molecule has 2 amide bonds. The van der Waals surface area contributed by atoms with Gasteiger partial charge in [0.15, 0.2) is 11.6 Å². The van der Waals surface area contributed by atoms with Crippen molar-refractivity contribution in [2.75, 3.05) is 31.6 Å². The van der Waals surface area contributed by atoms with Crippen LogP contribution < -0.4 is 21.3 Å². The molecule has 0 aromatic heterocycles. The summed E-state index contributed by atoms with van der Waals surface area (Å²) in [4.78, 5) is 40.8. The van der Waals surface area contributed by atoms with E-state index in [2.05, 4.69) is 26.3 Å². The minimum atomic E-state index is -3.53. The van der Waals surface area contributed by atoms with Gasteiger partial charge in [-0.15, -0.1) is 0 Å². The summed E-state index contributed by atoms with van der Waals surface area (Å²) in [6, 6.07) is 5.43. The number of carboxylic acid groups (broad SMARTS) is 1. The molecule has 0 bridgehead atoms. The number of amides is 2. The monoisotopic (exact) mass is 601 g/mol. The van der Waals surface area contributed by atoms with Gasteiger partial charge in [0.1, 0.15) is 12.4 Å². The molecule has 3 rings (SSSR count). The standard InChI is InChI=1S/C25H27ClF3N5O7/c26-15-2-12(1-14(5-15)25(41,11-27)23(28)29)19(7-21(38)39)34-20(37)10-30-22(40)13-3-16(6-17(35)4-13)33-24-31-8-18(36)9-32-24/h1-6,18-19,23,35-36,41H,7-11H2,(H,30,40)(H,34,37)(H,38,39)(H2,31,32,33). The summed E-state index contributed by atoms with van der Waals surface area (Å²) in [5.74, 6) is -3.02. The lowest BCUT2D eigenvalue weighted by atomic mass is 9.91. The maximum atomic E-state index is 13.4. The molecule has 0 radical (unpaired) electrons. The Labute approximate surface area is 236 Å². The molecular formula is C25H27ClF3N5O7. The highest BCUT2D eigenvalue weighted by molar-refractivity contribution is 6.30. The predicted molar refractivity (Wildman–Crippen MR) is 141 cm³/mol. The van der Waals surface area contributed by atoms with Crippen molar-refractivity contribution in [2.45, 2.75) is 30.6 Å². The zero-order chi connectivity index (χ0) is 30.3. The van der Waals surface area contributed by atoms with Crippen LogP contribution in [-0.2, 0) is 15.2 Å². The van der Waals surface area contributed by atoms with Crippen molar-refractivity contribution in [3.63, 3.8) is 0 Å². The molecular weight excluding hydrogens is 575 g/mol. The SMILES string of the molecule is O=C(O)CC(NC(=O)CNC(=O)c1cc(O)cc(NC2=NCC(O)CN2)c1)c1cc(Cl)cc(C(O)(CF)C(F)F)c1. The molecule has 16 heteroatoms. The van der Waals surface area contributed by atoms with Crippen LogP contribution >= 0.6 is 11.6 Å². The first-order valence-electron chi connectivity index (χ1n) is 12.0. The number of phenolic OH excluding ortho intramolecular Hbond substituents is 1. The number of nitrogens with one attached hydrogen (secondary N) is 4. The van der Waals surface area contributed by atoms with Gasteiger partial charge in [-0.3, -0.25) is 19.4 Å². The molecule has 0 spiro atoms. The van der Waals surface area contributed by atoms with Gasteiger partial charge in [-0.1, -0.05) is 17.7 Å². The van der Waals surface area contributed by atoms with E-state index in [0.29, 0.717) is 5.96 Å². The van der Waals surface area contributed by atoms with Gasteiger partial charge >= 0.3 is 5.97 Å². The number of guanidine groups is 1. The van der Waals surface area contributed by atoms with Crippen LogP contribution in [0.5, 0.6) is 5.75 Å². The normalized spacial score (nSPS) is 17.0. The minimum Gasteiger partial charge on any atom is -0.508 e. The summed E-state index contributed by atoms with van der Waals surface area (Å²) < 4.78 is 40.1. The Morgan fingerprint density at radius 3 is 2.51 bits per heavy atom. The Bertz CT molecular complexity index is 1330. The molecule has 8 N–H and O–H groups in total. The molecule has 1 aliphatic heterocycles. The van der Waals surface area contributed by atoms with Crippen molar-refractivity contribution in [1.82, 2.24) is 16.0 Å². The van der Waals surface area contributed by atoms with Gasteiger partial charge in [0.05, 0.1) is 31.7 Å². The molecule has 222 valence electrons. The largest absolute Gasteiger partial charge is 0.508 e. The van der Waals surface area contributed by atoms with Crippen molar-refractivity contribution in [1.29, 1.82) is 0 Å². The summed E-state index contributed by atoms with van der Waals surface area (Å²) in [6.45, 7) is -2.11. The molecule has 0 fully saturated rings. The van der Waals surface area contributed by atoms with Crippen LogP contribution in [0.15, 0.2) is 41.4 Å². The maximum absolute atomic E-state index is 13.4. The number of hydrogen-bond donors (Lipinski definition) is 8. The third kappa shape index (κ3) is 8.45. The molecule has 2 aromatic rings. The Morgan fingerprint density at radius 1 is 1.17 bits per heavy atom. The fourth-order valence-corrected chi connectivity index (χ4v) is 4.07. The van der Waals surface area contributed by atoms with Crippen LogP contribution in [0.2, 0.25) is 5.02 Å². The third-order valence-electron chi connectivity index (χ3n) is 5.92. The number of aliphatic imine (C=N–C) groups is 1. The van der Waals surface area contributed by atoms with Gasteiger partial charge in [0, 0.05) is 28.9 Å². The highest BCUT2D eigenvalue weighted by atomic mass is 35.5. The highest BCUT2D eigenvalue weighted by Gasteiger charge is 2.40. The minimum absolute atomic E-state index is 0.0455. The third-order valence-corrected chi connectivity index (χ3v) is 6.14. The van der Waals surface area contributed by atoms with Crippen molar-refractivity contribution in [3.8, 4) is 5.75 Å². The average molecular weight is 602 g/mol. The molecule has 0 aliphatic carbocycles. The summed E-state index contributed by atoms with van der Waals surface area (Å²) in [5.41, 5.74) is -3.69. The molecule has 3 atom stereocenters. The number of aliphatic hydroxyl groups is 2. The second kappa shape index (κ2) is 13.5. The quantitative estimate of drug-likeness (QED) is 0.187. The zero-order valence-electron chi connectivity index (χ0n) is 21.2. The Kier molecular flexibility index (Phi) is 10.4. The lowest BCUT2D eigenvalue weighted by Gasteiger charge is -2.26. The fraction of sp³-hybridized carbons (Fsp3) is 0.360. The Balaban J connectivity index is 1.71. The summed E-state index contributed by atoms with van der Waals surface area (Å²) in [7, 11) is 0. The van der Waals surface area contributed by atoms with E-state index in [1.807, 2.05) is 0 Å². The Hall–Kier alpha value is -4.08. The van der Waals surface area contributed by atoms with E-state index >= 15 is 0 Å². The second-order valence-corrected chi connectivity index (χ2v) is 9.59. The molecule has 12 nitrogen and oxygen atoms in total. The maximum Gasteiger partial charge on any atom is 0.305 e. The first kappa shape index (κ1) is 31.4. The number of phenols is 1. The van der Waals surface area contributed by atoms with Gasteiger partial charge in [-0.05, 0) is 35.4 Å². The van der Waals surface area contributed by atoms with Crippen molar-refractivity contribution < 1.29 is 48.0 Å². The number of carbonyl (C=O) groups excluding carboxylic acids is 2. The van der Waals surface area contributed by atoms with Crippen LogP contribution in [0.25, 0.3) is 0 Å². The number of aliphatic hydroxyl groups excluding tert-OH is 1. The van der Waals surface area contributed by atoms with E-state index in [4.69, 9.17) is 11.6 Å². The van der Waals surface area contributed by atoms with Gasteiger partial charge in [0.2, 0.25) is 5.91 Å². The molecule has 0 saturated heterocycles. The number of aliphatic carboxylic acids is 1. The molecule has 0 saturated carbocycles. The number of aromatic hydroxyl groups is 1. The van der Waals surface area contributed by atoms with Crippen LogP contribution in [0.4, 0.5) is 18.9 Å². The zero-order valence-corrected chi connectivity index (χ0v) is 22.0. The first-order chi connectivity index (χ1) is 19.3. The highest BCUT2D eigenvalue weighted by Crippen LogP contribution is 2.33. The number of alkyl halides is 3. The molecule has 41 heavy (non-hydrogen) atoms. The van der Waals surface area contributed by atoms with E-state index in [9.17, 15) is 48.0 Å². The number of anilines is 1. The van der Waals surface area contributed by atoms with Crippen molar-refractivity contribution in [2.24, 2.45) is 4.99 Å². The predicted octanol–water partition coefficient (Wildman–Crippen LogP) is 1.26. The van der Waals surface area contributed by atoms with E-state index in [1.165, 1.54) is 12.1 Å². The number of rotatable bonds is 11. The van der Waals surface area contributed by atoms with Crippen LogP contribution in [0, 0.1) is 0 Å². The van der Waals surface area contributed by atoms with Gasteiger partial charge in [-0.2, -0.15) is 0 Å². The number of nitrogens with zero attached hydrogens (tertiary/aromatic N) is 1. The van der Waals surface area contributed by atoms with E-state index in [0.717, 1.165) is 24.3 Å². The smallest absolute Gasteiger partial charge is 0.305 e. The van der Waals surface area contributed by atoms with Crippen LogP contribution in [0.3, 0.4) is 0 Å². The van der Waals surface area contributed by atoms with E-state index < -0.39 is 67.2 Å². The molecule has 1 heterocycles. The lowest BCUT2D eigenvalue weighted by Crippen LogP contribution is -2.42. The van der Waals surface area contributed by atoms with E-state index in [1.54, 1.807) is 0 Å². The molecule has 1 aliphatic rings. The fourth-order valence-electron chi connectivity index (χ4n) is 3.83. The topological polar surface area (TPSA) is 193 Å². The average Bonchev–Trinajstić information content (AvgIpc) is 2.91. The summed E-state index contributed by atoms with van der Waals surface area (Å²) in [6.07, 6.45) is -4.92. The summed E-state index contributed by atoms with van der Waals surface area (Å²) in [5, 5.41) is 49.0. The number of halogens is 4. The van der Waals surface area contributed by atoms with Crippen LogP contribution in [-0.4, -0.2) is 83.0 Å². The van der Waals surface area contributed by atoms with E-state index in [-0.39, 0.29) is 40.7 Å². The Morgan fingerprint density at radius 2 is 1.90 bits per heavy atom. The van der Waals surface area contributed by atoms with Gasteiger partial charge < -0.3 is 41.7 Å². The van der Waals surface area contributed by atoms with Crippen molar-refractivity contribution in [3.05, 3.63) is 58.1 Å². The first-order valence-corrected chi connectivity index (χ1v) is 12.4. The molecule has 3 unspecified atom stereocenters. The number of carboxylic acids is 1. The summed E-state index contributed by atoms with van der Waals surface area (Å²) >= 11 is 5.96. The van der Waals surface area contributed by atoms with Gasteiger partial charge in [0.25, 0.3) is 12.3 Å². The van der Waals surface area contributed by atoms with Crippen LogP contribution in [0.1, 0.15) is 33.9 Å².